The molecule has 1 N–H and O–H groups in total. The van der Waals surface area contributed by atoms with Gasteiger partial charge in [-0.3, -0.25) is 4.98 Å². The van der Waals surface area contributed by atoms with E-state index in [9.17, 15) is 13.2 Å². The molecule has 17 heavy (non-hydrogen) atoms. The molecule has 1 aliphatic rings. The first kappa shape index (κ1) is 11.9. The fourth-order valence-electron chi connectivity index (χ4n) is 1.62. The number of aromatic nitrogens is 1. The van der Waals surface area contributed by atoms with Crippen molar-refractivity contribution in [2.45, 2.75) is 12.8 Å². The molecule has 1 aliphatic heterocycles. The Morgan fingerprint density at radius 1 is 1.29 bits per heavy atom. The minimum absolute atomic E-state index is 0.296. The highest BCUT2D eigenvalue weighted by molar-refractivity contribution is 5.63. The summed E-state index contributed by atoms with van der Waals surface area (Å²) in [5.41, 5.74) is 1.74. The molecule has 0 fully saturated rings. The average Bonchev–Trinajstić information content (AvgIpc) is 2.29. The van der Waals surface area contributed by atoms with E-state index in [1.165, 1.54) is 12.1 Å². The first-order valence-electron chi connectivity index (χ1n) is 5.16. The van der Waals surface area contributed by atoms with Crippen molar-refractivity contribution >= 4 is 5.57 Å². The van der Waals surface area contributed by atoms with Crippen molar-refractivity contribution < 1.29 is 17.9 Å². The van der Waals surface area contributed by atoms with Crippen LogP contribution in [0, 0.1) is 0 Å². The summed E-state index contributed by atoms with van der Waals surface area (Å²) < 4.78 is 39.5. The Hall–Kier alpha value is -1.56. The number of ether oxygens (including phenoxy) is 1. The highest BCUT2D eigenvalue weighted by Crippen LogP contribution is 2.24. The van der Waals surface area contributed by atoms with Crippen LogP contribution in [0.25, 0.3) is 5.57 Å². The van der Waals surface area contributed by atoms with E-state index in [2.05, 4.69) is 15.0 Å². The van der Waals surface area contributed by atoms with Gasteiger partial charge in [-0.1, -0.05) is 6.08 Å². The molecule has 0 radical (unpaired) electrons. The van der Waals surface area contributed by atoms with Gasteiger partial charge in [0.2, 0.25) is 0 Å². The van der Waals surface area contributed by atoms with Gasteiger partial charge in [0.15, 0.2) is 0 Å². The summed E-state index contributed by atoms with van der Waals surface area (Å²) in [6.45, 7) is 1.62. The fourth-order valence-corrected chi connectivity index (χ4v) is 1.62. The van der Waals surface area contributed by atoms with E-state index in [4.69, 9.17) is 0 Å². The van der Waals surface area contributed by atoms with Crippen molar-refractivity contribution in [1.82, 2.24) is 10.3 Å². The van der Waals surface area contributed by atoms with Crippen LogP contribution < -0.4 is 10.1 Å². The molecular weight excluding hydrogens is 233 g/mol. The Morgan fingerprint density at radius 3 is 2.65 bits per heavy atom. The molecule has 92 valence electrons. The molecule has 3 nitrogen and oxygen atoms in total. The molecule has 2 heterocycles. The largest absolute Gasteiger partial charge is 0.573 e. The minimum Gasteiger partial charge on any atom is -0.404 e. The molecule has 2 rings (SSSR count). The van der Waals surface area contributed by atoms with Crippen LogP contribution in [0.5, 0.6) is 5.75 Å². The summed E-state index contributed by atoms with van der Waals surface area (Å²) in [6, 6.07) is 2.82. The van der Waals surface area contributed by atoms with Crippen LogP contribution in [-0.4, -0.2) is 24.4 Å². The third kappa shape index (κ3) is 3.45. The molecule has 0 spiro atoms. The molecule has 0 saturated heterocycles. The van der Waals surface area contributed by atoms with Gasteiger partial charge in [-0.2, -0.15) is 0 Å². The van der Waals surface area contributed by atoms with Crippen molar-refractivity contribution in [1.29, 1.82) is 0 Å². The highest BCUT2D eigenvalue weighted by atomic mass is 19.4. The molecule has 0 bridgehead atoms. The summed E-state index contributed by atoms with van der Waals surface area (Å²) in [7, 11) is 0. The molecule has 1 aromatic heterocycles. The minimum atomic E-state index is -4.67. The topological polar surface area (TPSA) is 34.1 Å². The lowest BCUT2D eigenvalue weighted by Gasteiger charge is -2.14. The van der Waals surface area contributed by atoms with Gasteiger partial charge in [0, 0.05) is 6.54 Å². The van der Waals surface area contributed by atoms with Gasteiger partial charge >= 0.3 is 6.36 Å². The van der Waals surface area contributed by atoms with Gasteiger partial charge in [0.25, 0.3) is 0 Å². The molecular formula is C11H11F3N2O. The maximum absolute atomic E-state index is 11.9. The molecule has 0 saturated carbocycles. The third-order valence-electron chi connectivity index (χ3n) is 2.36. The quantitative estimate of drug-likeness (QED) is 0.867. The molecule has 0 amide bonds. The number of halogens is 3. The van der Waals surface area contributed by atoms with Crippen LogP contribution in [0.1, 0.15) is 12.1 Å². The van der Waals surface area contributed by atoms with E-state index in [1.807, 2.05) is 6.08 Å². The second kappa shape index (κ2) is 4.75. The lowest BCUT2D eigenvalue weighted by atomic mass is 10.1. The number of alkyl halides is 3. The smallest absolute Gasteiger partial charge is 0.404 e. The number of rotatable bonds is 2. The number of hydrogen-bond acceptors (Lipinski definition) is 3. The van der Waals surface area contributed by atoms with E-state index < -0.39 is 6.36 Å². The lowest BCUT2D eigenvalue weighted by molar-refractivity contribution is -0.274. The predicted octanol–water partition coefficient (Wildman–Crippen LogP) is 2.36. The second-order valence-corrected chi connectivity index (χ2v) is 3.61. The Labute approximate surface area is 96.3 Å². The highest BCUT2D eigenvalue weighted by Gasteiger charge is 2.31. The molecule has 0 aliphatic carbocycles. The third-order valence-corrected chi connectivity index (χ3v) is 2.36. The summed E-state index contributed by atoms with van der Waals surface area (Å²) >= 11 is 0. The Kier molecular flexibility index (Phi) is 3.33. The van der Waals surface area contributed by atoms with E-state index >= 15 is 0 Å². The van der Waals surface area contributed by atoms with E-state index in [-0.39, 0.29) is 5.75 Å². The summed E-state index contributed by atoms with van der Waals surface area (Å²) in [4.78, 5) is 3.97. The van der Waals surface area contributed by atoms with E-state index in [0.29, 0.717) is 5.69 Å². The first-order chi connectivity index (χ1) is 8.04. The van der Waals surface area contributed by atoms with Gasteiger partial charge in [0.05, 0.1) is 11.9 Å². The predicted molar refractivity (Wildman–Crippen MR) is 56.4 cm³/mol. The fraction of sp³-hybridized carbons (Fsp3) is 0.364. The summed E-state index contributed by atoms with van der Waals surface area (Å²) in [6.07, 6.45) is -0.772. The van der Waals surface area contributed by atoms with Gasteiger partial charge in [0.1, 0.15) is 5.75 Å². The number of pyridine rings is 1. The summed E-state index contributed by atoms with van der Waals surface area (Å²) in [5.74, 6) is -0.296. The molecule has 6 heteroatoms. The Morgan fingerprint density at radius 2 is 2.12 bits per heavy atom. The SMILES string of the molecule is FC(F)(F)Oc1ccc(C2=CCNCC2)nc1. The van der Waals surface area contributed by atoms with E-state index in [1.54, 1.807) is 0 Å². The zero-order valence-corrected chi connectivity index (χ0v) is 8.92. The maximum atomic E-state index is 11.9. The average molecular weight is 244 g/mol. The number of nitrogens with one attached hydrogen (secondary N) is 1. The monoisotopic (exact) mass is 244 g/mol. The van der Waals surface area contributed by atoms with Crippen molar-refractivity contribution in [3.8, 4) is 5.75 Å². The number of hydrogen-bond donors (Lipinski definition) is 1. The first-order valence-corrected chi connectivity index (χ1v) is 5.16. The van der Waals surface area contributed by atoms with Gasteiger partial charge in [-0.05, 0) is 30.7 Å². The molecule has 0 atom stereocenters. The van der Waals surface area contributed by atoms with Crippen LogP contribution in [0.3, 0.4) is 0 Å². The molecule has 1 aromatic rings. The van der Waals surface area contributed by atoms with Gasteiger partial charge < -0.3 is 10.1 Å². The molecule has 0 unspecified atom stereocenters. The van der Waals surface area contributed by atoms with Crippen LogP contribution in [0.4, 0.5) is 13.2 Å². The van der Waals surface area contributed by atoms with Crippen LogP contribution in [0.2, 0.25) is 0 Å². The summed E-state index contributed by atoms with van der Waals surface area (Å²) in [5, 5.41) is 3.15. The zero-order chi connectivity index (χ0) is 12.3. The van der Waals surface area contributed by atoms with Crippen molar-refractivity contribution in [3.05, 3.63) is 30.1 Å². The number of nitrogens with zero attached hydrogens (tertiary/aromatic N) is 1. The Bertz CT molecular complexity index is 412. The van der Waals surface area contributed by atoms with Crippen molar-refractivity contribution in [2.24, 2.45) is 0 Å². The van der Waals surface area contributed by atoms with Crippen LogP contribution in [-0.2, 0) is 0 Å². The Balaban J connectivity index is 2.10. The van der Waals surface area contributed by atoms with E-state index in [0.717, 1.165) is 31.3 Å². The van der Waals surface area contributed by atoms with Crippen molar-refractivity contribution in [3.63, 3.8) is 0 Å². The standard InChI is InChI=1S/C11H11F3N2O/c12-11(13,14)17-9-1-2-10(16-7-9)8-3-5-15-6-4-8/h1-3,7,15H,4-6H2. The van der Waals surface area contributed by atoms with Gasteiger partial charge in [-0.25, -0.2) is 0 Å². The normalized spacial score (nSPS) is 16.5. The second-order valence-electron chi connectivity index (χ2n) is 3.61. The van der Waals surface area contributed by atoms with Crippen LogP contribution in [0.15, 0.2) is 24.4 Å². The zero-order valence-electron chi connectivity index (χ0n) is 8.92. The lowest BCUT2D eigenvalue weighted by Crippen LogP contribution is -2.20. The van der Waals surface area contributed by atoms with Crippen molar-refractivity contribution in [2.75, 3.05) is 13.1 Å². The van der Waals surface area contributed by atoms with Crippen LogP contribution >= 0.6 is 0 Å². The maximum Gasteiger partial charge on any atom is 0.573 e. The van der Waals surface area contributed by atoms with Gasteiger partial charge in [-0.15, -0.1) is 13.2 Å². The molecule has 0 aromatic carbocycles.